The van der Waals surface area contributed by atoms with Gasteiger partial charge < -0.3 is 0 Å². The molecule has 2 unspecified atom stereocenters. The van der Waals surface area contributed by atoms with Gasteiger partial charge in [0.15, 0.2) is 12.2 Å². The monoisotopic (exact) mass is 252 g/mol. The summed E-state index contributed by atoms with van der Waals surface area (Å²) in [5, 5.41) is 0. The highest BCUT2D eigenvalue weighted by atomic mass is 15.0. The van der Waals surface area contributed by atoms with Crippen LogP contribution in [-0.2, 0) is 0 Å². The molecular formula is C18H22N+. The average molecular weight is 252 g/mol. The van der Waals surface area contributed by atoms with Gasteiger partial charge in [0, 0.05) is 23.1 Å². The van der Waals surface area contributed by atoms with Crippen LogP contribution in [0, 0.1) is 20.8 Å². The molecule has 0 N–H and O–H groups in total. The molecule has 1 aliphatic rings. The van der Waals surface area contributed by atoms with E-state index >= 15 is 0 Å². The summed E-state index contributed by atoms with van der Waals surface area (Å²) in [6.07, 6.45) is 2.31. The Kier molecular flexibility index (Phi) is 2.74. The van der Waals surface area contributed by atoms with Crippen LogP contribution in [0.4, 0.5) is 0 Å². The summed E-state index contributed by atoms with van der Waals surface area (Å²) in [7, 11) is 0. The summed E-state index contributed by atoms with van der Waals surface area (Å²) in [6.45, 7) is 11.3. The first-order chi connectivity index (χ1) is 8.99. The van der Waals surface area contributed by atoms with Crippen molar-refractivity contribution in [3.8, 4) is 11.3 Å². The number of pyridine rings is 1. The van der Waals surface area contributed by atoms with E-state index in [4.69, 9.17) is 0 Å². The fraction of sp³-hybridized carbons (Fsp3) is 0.389. The maximum absolute atomic E-state index is 2.45. The molecule has 0 amide bonds. The summed E-state index contributed by atoms with van der Waals surface area (Å²) < 4.78 is 2.45. The van der Waals surface area contributed by atoms with E-state index in [1.54, 1.807) is 0 Å². The SMILES string of the molecule is Cc1ccc2c(c1)C(C)C(C)[n+]1cc(C)c(C)cc1-2. The summed E-state index contributed by atoms with van der Waals surface area (Å²) in [5.74, 6) is 0.564. The molecule has 0 aliphatic carbocycles. The van der Waals surface area contributed by atoms with Crippen LogP contribution in [0.2, 0.25) is 0 Å². The number of fused-ring (bicyclic) bond motifs is 3. The first-order valence-corrected chi connectivity index (χ1v) is 7.12. The quantitative estimate of drug-likeness (QED) is 0.617. The first kappa shape index (κ1) is 12.4. The summed E-state index contributed by atoms with van der Waals surface area (Å²) in [6, 6.07) is 9.72. The Morgan fingerprint density at radius 3 is 2.42 bits per heavy atom. The Balaban J connectivity index is 2.33. The van der Waals surface area contributed by atoms with E-state index in [0.29, 0.717) is 12.0 Å². The van der Waals surface area contributed by atoms with Crippen molar-refractivity contribution in [3.05, 3.63) is 52.7 Å². The van der Waals surface area contributed by atoms with E-state index in [9.17, 15) is 0 Å². The summed E-state index contributed by atoms with van der Waals surface area (Å²) in [4.78, 5) is 0. The van der Waals surface area contributed by atoms with Crippen molar-refractivity contribution in [3.63, 3.8) is 0 Å². The molecule has 19 heavy (non-hydrogen) atoms. The third kappa shape index (κ3) is 1.80. The van der Waals surface area contributed by atoms with Crippen molar-refractivity contribution in [2.45, 2.75) is 46.6 Å². The van der Waals surface area contributed by atoms with Gasteiger partial charge in [0.1, 0.15) is 0 Å². The molecule has 0 spiro atoms. The van der Waals surface area contributed by atoms with Gasteiger partial charge in [-0.1, -0.05) is 24.6 Å². The third-order valence-electron chi connectivity index (χ3n) is 4.72. The van der Waals surface area contributed by atoms with Crippen molar-refractivity contribution in [1.29, 1.82) is 0 Å². The van der Waals surface area contributed by atoms with E-state index < -0.39 is 0 Å². The Hall–Kier alpha value is -1.63. The van der Waals surface area contributed by atoms with Gasteiger partial charge in [-0.15, -0.1) is 0 Å². The molecule has 0 saturated heterocycles. The first-order valence-electron chi connectivity index (χ1n) is 7.12. The zero-order valence-electron chi connectivity index (χ0n) is 12.5. The molecule has 1 heteroatoms. The zero-order valence-corrected chi connectivity index (χ0v) is 12.5. The molecule has 2 atom stereocenters. The lowest BCUT2D eigenvalue weighted by atomic mass is 9.83. The number of hydrogen-bond acceptors (Lipinski definition) is 0. The standard InChI is InChI=1S/C18H22N/c1-11-6-7-16-17(8-11)14(4)15(5)19-10-13(3)12(2)9-18(16)19/h6-10,14-15H,1-5H3/q+1. The lowest BCUT2D eigenvalue weighted by Gasteiger charge is -2.26. The Morgan fingerprint density at radius 2 is 1.68 bits per heavy atom. The number of hydrogen-bond donors (Lipinski definition) is 0. The second-order valence-electron chi connectivity index (χ2n) is 6.05. The largest absolute Gasteiger partial charge is 0.213 e. The fourth-order valence-corrected chi connectivity index (χ4v) is 3.12. The lowest BCUT2D eigenvalue weighted by molar-refractivity contribution is -0.714. The van der Waals surface area contributed by atoms with E-state index in [2.05, 4.69) is 69.6 Å². The zero-order chi connectivity index (χ0) is 13.7. The van der Waals surface area contributed by atoms with Gasteiger partial charge >= 0.3 is 0 Å². The highest BCUT2D eigenvalue weighted by molar-refractivity contribution is 5.65. The Labute approximate surface area is 115 Å². The number of aromatic nitrogens is 1. The number of benzene rings is 1. The molecule has 1 aliphatic heterocycles. The molecular weight excluding hydrogens is 230 g/mol. The topological polar surface area (TPSA) is 3.88 Å². The van der Waals surface area contributed by atoms with Gasteiger partial charge in [0.2, 0.25) is 5.69 Å². The Morgan fingerprint density at radius 1 is 0.947 bits per heavy atom. The van der Waals surface area contributed by atoms with Crippen molar-refractivity contribution in [2.75, 3.05) is 0 Å². The predicted molar refractivity (Wildman–Crippen MR) is 79.4 cm³/mol. The van der Waals surface area contributed by atoms with Crippen LogP contribution < -0.4 is 4.57 Å². The molecule has 3 rings (SSSR count). The van der Waals surface area contributed by atoms with Gasteiger partial charge in [-0.05, 0) is 44.9 Å². The van der Waals surface area contributed by atoms with Gasteiger partial charge in [-0.25, -0.2) is 0 Å². The van der Waals surface area contributed by atoms with Crippen molar-refractivity contribution < 1.29 is 4.57 Å². The van der Waals surface area contributed by atoms with Crippen LogP contribution in [0.15, 0.2) is 30.5 Å². The van der Waals surface area contributed by atoms with Crippen molar-refractivity contribution in [1.82, 2.24) is 0 Å². The maximum atomic E-state index is 2.45. The molecule has 1 aromatic carbocycles. The van der Waals surface area contributed by atoms with Gasteiger partial charge in [0.25, 0.3) is 0 Å². The van der Waals surface area contributed by atoms with E-state index in [1.165, 1.54) is 33.5 Å². The van der Waals surface area contributed by atoms with Gasteiger partial charge in [-0.2, -0.15) is 4.57 Å². The second kappa shape index (κ2) is 4.19. The average Bonchev–Trinajstić information content (AvgIpc) is 2.38. The molecule has 0 fully saturated rings. The van der Waals surface area contributed by atoms with Crippen LogP contribution in [-0.4, -0.2) is 0 Å². The van der Waals surface area contributed by atoms with Crippen LogP contribution in [0.25, 0.3) is 11.3 Å². The summed E-state index contributed by atoms with van der Waals surface area (Å²) >= 11 is 0. The number of aryl methyl sites for hydroxylation is 3. The molecule has 2 heterocycles. The smallest absolute Gasteiger partial charge is 0.195 e. The van der Waals surface area contributed by atoms with Crippen molar-refractivity contribution in [2.24, 2.45) is 0 Å². The third-order valence-corrected chi connectivity index (χ3v) is 4.72. The fourth-order valence-electron chi connectivity index (χ4n) is 3.12. The molecule has 2 aromatic rings. The molecule has 0 bridgehead atoms. The highest BCUT2D eigenvalue weighted by Gasteiger charge is 2.34. The molecule has 98 valence electrons. The minimum absolute atomic E-state index is 0.517. The minimum Gasteiger partial charge on any atom is -0.195 e. The van der Waals surface area contributed by atoms with Gasteiger partial charge in [0.05, 0.1) is 0 Å². The van der Waals surface area contributed by atoms with Crippen LogP contribution in [0.3, 0.4) is 0 Å². The van der Waals surface area contributed by atoms with E-state index in [-0.39, 0.29) is 0 Å². The van der Waals surface area contributed by atoms with Crippen LogP contribution in [0.1, 0.15) is 48.1 Å². The maximum Gasteiger partial charge on any atom is 0.213 e. The van der Waals surface area contributed by atoms with Crippen molar-refractivity contribution >= 4 is 0 Å². The number of rotatable bonds is 0. The van der Waals surface area contributed by atoms with Crippen LogP contribution in [0.5, 0.6) is 0 Å². The predicted octanol–water partition coefficient (Wildman–Crippen LogP) is 4.24. The lowest BCUT2D eigenvalue weighted by Crippen LogP contribution is -2.45. The molecule has 0 radical (unpaired) electrons. The van der Waals surface area contributed by atoms with E-state index in [1.807, 2.05) is 0 Å². The van der Waals surface area contributed by atoms with E-state index in [0.717, 1.165) is 0 Å². The normalized spacial score (nSPS) is 20.9. The Bertz CT molecular complexity index is 655. The molecule has 1 aromatic heterocycles. The van der Waals surface area contributed by atoms with Gasteiger partial charge in [-0.3, -0.25) is 0 Å². The second-order valence-corrected chi connectivity index (χ2v) is 6.05. The highest BCUT2D eigenvalue weighted by Crippen LogP contribution is 2.38. The number of nitrogens with zero attached hydrogens (tertiary/aromatic N) is 1. The summed E-state index contributed by atoms with van der Waals surface area (Å²) in [5.41, 5.74) is 8.37. The van der Waals surface area contributed by atoms with Crippen LogP contribution >= 0.6 is 0 Å². The molecule has 1 nitrogen and oxygen atoms in total. The molecule has 0 saturated carbocycles. The minimum atomic E-state index is 0.517.